The predicted octanol–water partition coefficient (Wildman–Crippen LogP) is -1.47. The van der Waals surface area contributed by atoms with E-state index in [2.05, 4.69) is 15.0 Å². The minimum absolute atomic E-state index is 0.0211. The van der Waals surface area contributed by atoms with Crippen LogP contribution in [0.5, 0.6) is 0 Å². The Labute approximate surface area is 95.1 Å². The van der Waals surface area contributed by atoms with Crippen LogP contribution in [0.4, 0.5) is 5.95 Å². The van der Waals surface area contributed by atoms with Gasteiger partial charge in [-0.2, -0.15) is 4.98 Å². The number of nitrogens with zero attached hydrogens (tertiary/aromatic N) is 3. The fourth-order valence-corrected chi connectivity index (χ4v) is 1.37. The molecule has 90 valence electrons. The smallest absolute Gasteiger partial charge is 0.280 e. The predicted molar refractivity (Wildman–Crippen MR) is 61.0 cm³/mol. The van der Waals surface area contributed by atoms with Crippen LogP contribution in [0.2, 0.25) is 0 Å². The van der Waals surface area contributed by atoms with Gasteiger partial charge in [-0.15, -0.1) is 0 Å². The molecule has 0 aliphatic rings. The van der Waals surface area contributed by atoms with Crippen molar-refractivity contribution in [1.82, 2.24) is 19.5 Å². The van der Waals surface area contributed by atoms with E-state index >= 15 is 0 Å². The summed E-state index contributed by atoms with van der Waals surface area (Å²) in [6, 6.07) is 0. The first-order valence-electron chi connectivity index (χ1n) is 4.79. The lowest BCUT2D eigenvalue weighted by molar-refractivity contribution is 0.278. The maximum atomic E-state index is 11.5. The molecule has 0 fully saturated rings. The summed E-state index contributed by atoms with van der Waals surface area (Å²) in [6.07, 6.45) is 2.80. The molecule has 0 saturated heterocycles. The average molecular weight is 237 g/mol. The Bertz CT molecular complexity index is 621. The van der Waals surface area contributed by atoms with Gasteiger partial charge in [0.05, 0.1) is 13.2 Å². The zero-order valence-electron chi connectivity index (χ0n) is 8.79. The number of aliphatic hydroxyl groups is 2. The summed E-state index contributed by atoms with van der Waals surface area (Å²) in [5, 5.41) is 17.9. The Hall–Kier alpha value is -2.19. The minimum Gasteiger partial charge on any atom is -0.392 e. The van der Waals surface area contributed by atoms with Crippen molar-refractivity contribution in [1.29, 1.82) is 0 Å². The van der Waals surface area contributed by atoms with Gasteiger partial charge in [-0.3, -0.25) is 14.3 Å². The monoisotopic (exact) mass is 237 g/mol. The number of imidazole rings is 1. The number of anilines is 1. The fourth-order valence-electron chi connectivity index (χ4n) is 1.37. The molecule has 0 atom stereocenters. The zero-order valence-corrected chi connectivity index (χ0v) is 8.79. The number of nitrogens with two attached hydrogens (primary N) is 1. The maximum absolute atomic E-state index is 11.5. The maximum Gasteiger partial charge on any atom is 0.280 e. The van der Waals surface area contributed by atoms with Crippen molar-refractivity contribution in [3.63, 3.8) is 0 Å². The zero-order chi connectivity index (χ0) is 12.4. The van der Waals surface area contributed by atoms with E-state index in [0.29, 0.717) is 5.57 Å². The van der Waals surface area contributed by atoms with Crippen molar-refractivity contribution in [2.75, 3.05) is 18.9 Å². The number of aromatic nitrogens is 4. The molecule has 0 saturated carbocycles. The molecule has 0 aliphatic carbocycles. The number of fused-ring (bicyclic) bond motifs is 1. The lowest BCUT2D eigenvalue weighted by Gasteiger charge is -2.00. The van der Waals surface area contributed by atoms with Crippen molar-refractivity contribution < 1.29 is 10.2 Å². The molecule has 0 spiro atoms. The normalized spacial score (nSPS) is 10.7. The van der Waals surface area contributed by atoms with Gasteiger partial charge in [0.2, 0.25) is 5.95 Å². The van der Waals surface area contributed by atoms with Crippen LogP contribution in [0.1, 0.15) is 0 Å². The number of hydrogen-bond donors (Lipinski definition) is 4. The molecule has 17 heavy (non-hydrogen) atoms. The third-order valence-electron chi connectivity index (χ3n) is 2.18. The summed E-state index contributed by atoms with van der Waals surface area (Å²) in [5.74, 6) is -0.0211. The molecule has 0 aromatic carbocycles. The Morgan fingerprint density at radius 3 is 2.88 bits per heavy atom. The van der Waals surface area contributed by atoms with Crippen molar-refractivity contribution in [2.45, 2.75) is 0 Å². The van der Waals surface area contributed by atoms with E-state index in [1.165, 1.54) is 17.1 Å². The van der Waals surface area contributed by atoms with Gasteiger partial charge in [-0.1, -0.05) is 0 Å². The quantitative estimate of drug-likeness (QED) is 0.515. The Morgan fingerprint density at radius 2 is 2.24 bits per heavy atom. The molecular weight excluding hydrogens is 226 g/mol. The first-order valence-corrected chi connectivity index (χ1v) is 4.79. The number of hydrogen-bond acceptors (Lipinski definition) is 6. The van der Waals surface area contributed by atoms with E-state index in [1.54, 1.807) is 0 Å². The Morgan fingerprint density at radius 1 is 1.53 bits per heavy atom. The molecule has 0 radical (unpaired) electrons. The molecule has 2 aromatic rings. The molecule has 2 rings (SSSR count). The number of aliphatic hydroxyl groups excluding tert-OH is 2. The second-order valence-electron chi connectivity index (χ2n) is 3.38. The van der Waals surface area contributed by atoms with Crippen molar-refractivity contribution in [3.05, 3.63) is 22.3 Å². The van der Waals surface area contributed by atoms with Crippen LogP contribution < -0.4 is 11.3 Å². The van der Waals surface area contributed by atoms with Crippen LogP contribution in [0.25, 0.3) is 17.4 Å². The van der Waals surface area contributed by atoms with Crippen LogP contribution in [-0.4, -0.2) is 42.9 Å². The first kappa shape index (κ1) is 11.3. The summed E-state index contributed by atoms with van der Waals surface area (Å²) in [4.78, 5) is 21.6. The SMILES string of the molecule is Nc1nc2c(ncn2C=C(CO)CO)c(=O)[nH]1. The lowest BCUT2D eigenvalue weighted by Crippen LogP contribution is -2.11. The summed E-state index contributed by atoms with van der Waals surface area (Å²) in [6.45, 7) is -0.594. The molecule has 5 N–H and O–H groups in total. The van der Waals surface area contributed by atoms with E-state index in [9.17, 15) is 4.79 Å². The van der Waals surface area contributed by atoms with E-state index in [1.807, 2.05) is 0 Å². The molecule has 0 aliphatic heterocycles. The molecule has 0 unspecified atom stereocenters. The molecule has 2 aromatic heterocycles. The van der Waals surface area contributed by atoms with Gasteiger partial charge in [0.1, 0.15) is 6.33 Å². The molecule has 8 heteroatoms. The largest absolute Gasteiger partial charge is 0.392 e. The van der Waals surface area contributed by atoms with Gasteiger partial charge in [-0.05, 0) is 5.57 Å². The molecule has 0 amide bonds. The van der Waals surface area contributed by atoms with Gasteiger partial charge in [0, 0.05) is 6.20 Å². The number of nitrogens with one attached hydrogen (secondary N) is 1. The Balaban J connectivity index is 2.64. The highest BCUT2D eigenvalue weighted by molar-refractivity contribution is 5.73. The molecule has 2 heterocycles. The van der Waals surface area contributed by atoms with Crippen LogP contribution in [0.15, 0.2) is 16.7 Å². The van der Waals surface area contributed by atoms with Crippen LogP contribution in [0.3, 0.4) is 0 Å². The summed E-state index contributed by atoms with van der Waals surface area (Å²) in [7, 11) is 0. The summed E-state index contributed by atoms with van der Waals surface area (Å²) >= 11 is 0. The van der Waals surface area contributed by atoms with Crippen molar-refractivity contribution in [3.8, 4) is 0 Å². The minimum atomic E-state index is -0.436. The number of rotatable bonds is 3. The highest BCUT2D eigenvalue weighted by Crippen LogP contribution is 2.08. The Kier molecular flexibility index (Phi) is 2.90. The second kappa shape index (κ2) is 4.36. The standard InChI is InChI=1S/C9H11N5O3/c10-9-12-7-6(8(17)13-9)11-4-14(7)1-5(2-15)3-16/h1,4,15-16H,2-3H2,(H3,10,12,13,17). The third-order valence-corrected chi connectivity index (χ3v) is 2.18. The van der Waals surface area contributed by atoms with E-state index in [-0.39, 0.29) is 30.3 Å². The number of nitrogen functional groups attached to an aromatic ring is 1. The van der Waals surface area contributed by atoms with Crippen LogP contribution >= 0.6 is 0 Å². The topological polar surface area (TPSA) is 130 Å². The van der Waals surface area contributed by atoms with Crippen molar-refractivity contribution in [2.24, 2.45) is 0 Å². The molecule has 0 bridgehead atoms. The summed E-state index contributed by atoms with van der Waals surface area (Å²) < 4.78 is 1.42. The average Bonchev–Trinajstić information content (AvgIpc) is 2.69. The highest BCUT2D eigenvalue weighted by Gasteiger charge is 2.08. The van der Waals surface area contributed by atoms with E-state index < -0.39 is 5.56 Å². The fraction of sp³-hybridized carbons (Fsp3) is 0.222. The van der Waals surface area contributed by atoms with Gasteiger partial charge < -0.3 is 15.9 Å². The first-order chi connectivity index (χ1) is 8.15. The lowest BCUT2D eigenvalue weighted by atomic mass is 10.3. The molecular formula is C9H11N5O3. The van der Waals surface area contributed by atoms with Gasteiger partial charge >= 0.3 is 0 Å². The molecule has 8 nitrogen and oxygen atoms in total. The van der Waals surface area contributed by atoms with E-state index in [0.717, 1.165) is 0 Å². The second-order valence-corrected chi connectivity index (χ2v) is 3.38. The van der Waals surface area contributed by atoms with E-state index in [4.69, 9.17) is 15.9 Å². The number of H-pyrrole nitrogens is 1. The third kappa shape index (κ3) is 2.03. The van der Waals surface area contributed by atoms with Crippen LogP contribution in [0, 0.1) is 0 Å². The van der Waals surface area contributed by atoms with Gasteiger partial charge in [0.25, 0.3) is 5.56 Å². The van der Waals surface area contributed by atoms with Crippen LogP contribution in [-0.2, 0) is 0 Å². The van der Waals surface area contributed by atoms with Crippen molar-refractivity contribution >= 4 is 23.3 Å². The number of aromatic amines is 1. The van der Waals surface area contributed by atoms with Gasteiger partial charge in [-0.25, -0.2) is 4.98 Å². The van der Waals surface area contributed by atoms with Gasteiger partial charge in [0.15, 0.2) is 11.2 Å². The summed E-state index contributed by atoms with van der Waals surface area (Å²) in [5.41, 5.74) is 5.76. The highest BCUT2D eigenvalue weighted by atomic mass is 16.3.